The molecule has 0 saturated heterocycles. The fraction of sp³-hybridized carbons (Fsp3) is 0.600. The molecule has 0 fully saturated rings. The van der Waals surface area contributed by atoms with Gasteiger partial charge in [-0.25, -0.2) is 0 Å². The van der Waals surface area contributed by atoms with Crippen LogP contribution in [0, 0.1) is 0 Å². The summed E-state index contributed by atoms with van der Waals surface area (Å²) in [5.41, 5.74) is 1.05. The molecule has 0 saturated carbocycles. The van der Waals surface area contributed by atoms with Crippen molar-refractivity contribution in [3.8, 4) is 0 Å². The molecule has 0 atom stereocenters. The Morgan fingerprint density at radius 2 is 2.15 bits per heavy atom. The fourth-order valence-corrected chi connectivity index (χ4v) is 0.852. The molecular formula is C10H21N3. The van der Waals surface area contributed by atoms with Crippen molar-refractivity contribution in [1.29, 1.82) is 0 Å². The van der Waals surface area contributed by atoms with Gasteiger partial charge in [0.1, 0.15) is 0 Å². The van der Waals surface area contributed by atoms with Crippen LogP contribution in [0.25, 0.3) is 0 Å². The van der Waals surface area contributed by atoms with Gasteiger partial charge in [0, 0.05) is 33.0 Å². The van der Waals surface area contributed by atoms with Gasteiger partial charge in [0.15, 0.2) is 0 Å². The normalized spacial score (nSPS) is 8.85. The van der Waals surface area contributed by atoms with Gasteiger partial charge in [0.25, 0.3) is 0 Å². The number of hydrogen-bond acceptors (Lipinski definition) is 3. The van der Waals surface area contributed by atoms with Crippen molar-refractivity contribution in [2.75, 3.05) is 13.1 Å². The zero-order valence-corrected chi connectivity index (χ0v) is 8.75. The summed E-state index contributed by atoms with van der Waals surface area (Å²) in [5, 5.41) is 3.23. The van der Waals surface area contributed by atoms with Crippen LogP contribution >= 0.6 is 0 Å². The second-order valence-corrected chi connectivity index (χ2v) is 2.30. The molecule has 0 aliphatic heterocycles. The highest BCUT2D eigenvalue weighted by Gasteiger charge is 1.90. The maximum Gasteiger partial charge on any atom is 0.0599 e. The van der Waals surface area contributed by atoms with E-state index in [1.54, 1.807) is 18.6 Å². The third kappa shape index (κ3) is 6.22. The molecule has 1 rings (SSSR count). The number of aromatic nitrogens is 2. The lowest BCUT2D eigenvalue weighted by Gasteiger charge is -1.99. The first-order valence-corrected chi connectivity index (χ1v) is 4.89. The molecule has 76 valence electrons. The highest BCUT2D eigenvalue weighted by Crippen LogP contribution is 1.89. The van der Waals surface area contributed by atoms with Crippen LogP contribution < -0.4 is 5.32 Å². The van der Waals surface area contributed by atoms with Crippen LogP contribution in [0.1, 0.15) is 27.9 Å². The summed E-state index contributed by atoms with van der Waals surface area (Å²) >= 11 is 0. The third-order valence-electron chi connectivity index (χ3n) is 1.42. The van der Waals surface area contributed by atoms with Gasteiger partial charge in [-0.15, -0.1) is 0 Å². The van der Waals surface area contributed by atoms with E-state index in [4.69, 9.17) is 0 Å². The van der Waals surface area contributed by atoms with E-state index in [1.165, 1.54) is 0 Å². The minimum Gasteiger partial charge on any atom is -0.317 e. The average Bonchev–Trinajstić information content (AvgIpc) is 2.23. The lowest BCUT2D eigenvalue weighted by Crippen LogP contribution is -2.16. The summed E-state index contributed by atoms with van der Waals surface area (Å²) in [4.78, 5) is 8.12. The first-order valence-electron chi connectivity index (χ1n) is 4.89. The van der Waals surface area contributed by atoms with Crippen molar-refractivity contribution in [3.05, 3.63) is 24.3 Å². The Kier molecular flexibility index (Phi) is 8.46. The zero-order valence-electron chi connectivity index (χ0n) is 8.75. The molecule has 1 aromatic heterocycles. The van der Waals surface area contributed by atoms with Crippen LogP contribution in [0.15, 0.2) is 18.6 Å². The topological polar surface area (TPSA) is 37.8 Å². The van der Waals surface area contributed by atoms with Crippen molar-refractivity contribution in [2.24, 2.45) is 0 Å². The van der Waals surface area contributed by atoms with Crippen LogP contribution in [-0.4, -0.2) is 23.1 Å². The van der Waals surface area contributed by atoms with E-state index in [9.17, 15) is 0 Å². The highest BCUT2D eigenvalue weighted by molar-refractivity contribution is 4.94. The first-order chi connectivity index (χ1) is 6.43. The van der Waals surface area contributed by atoms with Crippen molar-refractivity contribution < 1.29 is 1.43 Å². The third-order valence-corrected chi connectivity index (χ3v) is 1.42. The van der Waals surface area contributed by atoms with Gasteiger partial charge < -0.3 is 5.32 Å². The molecule has 0 aromatic carbocycles. The van der Waals surface area contributed by atoms with Crippen LogP contribution in [0.5, 0.6) is 0 Å². The van der Waals surface area contributed by atoms with Crippen LogP contribution in [0.3, 0.4) is 0 Å². The van der Waals surface area contributed by atoms with Crippen LogP contribution in [-0.2, 0) is 6.42 Å². The lowest BCUT2D eigenvalue weighted by molar-refractivity contribution is 0.706. The minimum atomic E-state index is 0. The molecule has 0 amide bonds. The van der Waals surface area contributed by atoms with E-state index in [0.29, 0.717) is 0 Å². The highest BCUT2D eigenvalue weighted by atomic mass is 14.8. The van der Waals surface area contributed by atoms with Crippen molar-refractivity contribution >= 4 is 0 Å². The predicted octanol–water partition coefficient (Wildman–Crippen LogP) is 1.90. The summed E-state index contributed by atoms with van der Waals surface area (Å²) in [6, 6.07) is 0. The molecule has 0 aliphatic rings. The smallest absolute Gasteiger partial charge is 0.0599 e. The van der Waals surface area contributed by atoms with Crippen LogP contribution in [0.4, 0.5) is 0 Å². The quantitative estimate of drug-likeness (QED) is 0.724. The Morgan fingerprint density at radius 1 is 1.38 bits per heavy atom. The summed E-state index contributed by atoms with van der Waals surface area (Å²) in [6.45, 7) is 8.09. The Labute approximate surface area is 82.1 Å². The van der Waals surface area contributed by atoms with Gasteiger partial charge in [-0.2, -0.15) is 0 Å². The number of rotatable bonds is 4. The SMILES string of the molecule is CC.CCNCCc1cnccn1.[HH]. The molecule has 0 unspecified atom stereocenters. The van der Waals surface area contributed by atoms with E-state index in [0.717, 1.165) is 25.2 Å². The molecule has 0 bridgehead atoms. The van der Waals surface area contributed by atoms with Crippen molar-refractivity contribution in [1.82, 2.24) is 15.3 Å². The van der Waals surface area contributed by atoms with Crippen LogP contribution in [0.2, 0.25) is 0 Å². The zero-order chi connectivity index (χ0) is 9.94. The Hall–Kier alpha value is -0.960. The maximum absolute atomic E-state index is 4.15. The molecule has 3 nitrogen and oxygen atoms in total. The van der Waals surface area contributed by atoms with Crippen molar-refractivity contribution in [2.45, 2.75) is 27.2 Å². The molecule has 3 heteroatoms. The monoisotopic (exact) mass is 183 g/mol. The number of hydrogen-bond donors (Lipinski definition) is 1. The van der Waals surface area contributed by atoms with Crippen molar-refractivity contribution in [3.63, 3.8) is 0 Å². The summed E-state index contributed by atoms with van der Waals surface area (Å²) in [5.74, 6) is 0. The lowest BCUT2D eigenvalue weighted by atomic mass is 10.3. The van der Waals surface area contributed by atoms with E-state index in [1.807, 2.05) is 13.8 Å². The first kappa shape index (κ1) is 12.0. The second kappa shape index (κ2) is 9.13. The van der Waals surface area contributed by atoms with Gasteiger partial charge in [-0.05, 0) is 6.54 Å². The van der Waals surface area contributed by atoms with E-state index in [-0.39, 0.29) is 1.43 Å². The Balaban J connectivity index is 0. The number of likely N-dealkylation sites (N-methyl/N-ethyl adjacent to an activating group) is 1. The predicted molar refractivity (Wildman–Crippen MR) is 57.7 cm³/mol. The molecular weight excluding hydrogens is 162 g/mol. The average molecular weight is 183 g/mol. The van der Waals surface area contributed by atoms with Gasteiger partial charge in [-0.3, -0.25) is 9.97 Å². The number of nitrogens with one attached hydrogen (secondary N) is 1. The van der Waals surface area contributed by atoms with Gasteiger partial charge in [0.2, 0.25) is 0 Å². The minimum absolute atomic E-state index is 0. The summed E-state index contributed by atoms with van der Waals surface area (Å²) in [6.07, 6.45) is 6.18. The van der Waals surface area contributed by atoms with E-state index in [2.05, 4.69) is 22.2 Å². The second-order valence-electron chi connectivity index (χ2n) is 2.30. The molecule has 1 aromatic rings. The molecule has 1 N–H and O–H groups in total. The molecule has 1 heterocycles. The van der Waals surface area contributed by atoms with Gasteiger partial charge >= 0.3 is 0 Å². The largest absolute Gasteiger partial charge is 0.317 e. The standard InChI is InChI=1S/C8H13N3.C2H6.H2/c1-2-9-4-3-8-7-10-5-6-11-8;1-2;/h5-7,9H,2-4H2,1H3;1-2H3;1H. The fourth-order valence-electron chi connectivity index (χ4n) is 0.852. The molecule has 0 aliphatic carbocycles. The Bertz CT molecular complexity index is 192. The maximum atomic E-state index is 4.15. The summed E-state index contributed by atoms with van der Waals surface area (Å²) < 4.78 is 0. The van der Waals surface area contributed by atoms with E-state index < -0.39 is 0 Å². The molecule has 13 heavy (non-hydrogen) atoms. The number of nitrogens with zero attached hydrogens (tertiary/aromatic N) is 2. The summed E-state index contributed by atoms with van der Waals surface area (Å²) in [7, 11) is 0. The van der Waals surface area contributed by atoms with Gasteiger partial charge in [-0.1, -0.05) is 20.8 Å². The van der Waals surface area contributed by atoms with Gasteiger partial charge in [0.05, 0.1) is 5.69 Å². The molecule has 0 spiro atoms. The molecule has 0 radical (unpaired) electrons. The van der Waals surface area contributed by atoms with E-state index >= 15 is 0 Å². The Morgan fingerprint density at radius 3 is 2.69 bits per heavy atom.